The van der Waals surface area contributed by atoms with Gasteiger partial charge >= 0.3 is 0 Å². The summed E-state index contributed by atoms with van der Waals surface area (Å²) < 4.78 is 7.49. The molecule has 0 amide bonds. The van der Waals surface area contributed by atoms with Crippen LogP contribution in [0.3, 0.4) is 0 Å². The lowest BCUT2D eigenvalue weighted by molar-refractivity contribution is -0.181. The third-order valence-electron chi connectivity index (χ3n) is 11.8. The van der Waals surface area contributed by atoms with E-state index in [1.165, 1.54) is 41.2 Å². The first kappa shape index (κ1) is 25.7. The maximum Gasteiger partial charge on any atom is 0.137 e. The van der Waals surface area contributed by atoms with Gasteiger partial charge in [-0.2, -0.15) is 0 Å². The van der Waals surface area contributed by atoms with Crippen molar-refractivity contribution >= 4 is 33.2 Å². The van der Waals surface area contributed by atoms with E-state index in [9.17, 15) is 4.79 Å². The van der Waals surface area contributed by atoms with Crippen LogP contribution < -0.4 is 0 Å². The van der Waals surface area contributed by atoms with Crippen molar-refractivity contribution in [2.24, 2.45) is 11.3 Å². The first-order valence-corrected chi connectivity index (χ1v) is 16.6. The lowest BCUT2D eigenvalue weighted by Crippen LogP contribution is -2.65. The number of piperidine rings is 1. The molecule has 6 atom stereocenters. The molecule has 0 saturated carbocycles. The number of ketones is 1. The van der Waals surface area contributed by atoms with Crippen molar-refractivity contribution < 1.29 is 9.53 Å². The molecule has 4 fully saturated rings. The molecule has 4 saturated heterocycles. The molecule has 9 rings (SSSR count). The summed E-state index contributed by atoms with van der Waals surface area (Å²) in [6.07, 6.45) is 20.5. The Morgan fingerprint density at radius 2 is 1.88 bits per heavy atom. The number of benzene rings is 1. The highest BCUT2D eigenvalue weighted by molar-refractivity contribution is 6.09. The fourth-order valence-corrected chi connectivity index (χ4v) is 10.5. The number of H-pyrrole nitrogens is 1. The van der Waals surface area contributed by atoms with Crippen LogP contribution in [0.25, 0.3) is 27.4 Å². The lowest BCUT2D eigenvalue weighted by atomic mass is 9.53. The Hall–Kier alpha value is -2.80. The minimum atomic E-state index is -0.462. The van der Waals surface area contributed by atoms with Gasteiger partial charge in [0.25, 0.3) is 0 Å². The number of fused-ring (bicyclic) bond motifs is 4. The first-order valence-electron chi connectivity index (χ1n) is 16.6. The van der Waals surface area contributed by atoms with Gasteiger partial charge in [-0.3, -0.25) is 14.7 Å². The Labute approximate surface area is 248 Å². The van der Waals surface area contributed by atoms with Gasteiger partial charge in [-0.1, -0.05) is 30.4 Å². The fraction of sp³-hybridized carbons (Fsp3) is 0.556. The second-order valence-electron chi connectivity index (χ2n) is 14.2. The zero-order valence-electron chi connectivity index (χ0n) is 24.6. The fourth-order valence-electron chi connectivity index (χ4n) is 10.5. The second-order valence-corrected chi connectivity index (χ2v) is 14.2. The summed E-state index contributed by atoms with van der Waals surface area (Å²) in [5.41, 5.74) is 4.00. The standard InChI is InChI=1S/C36H42N4O2/c41-25-11-7-10-19-40-33-34-23-36(40,21-25)42-35(33)16-8-3-1-2-4-9-18-39(24-34)20-15-29(34)28(22-35)31-32-27(14-17-37-31)26-12-5-6-13-30(26)38-32/h1,3,5-6,12-14,17,22,29,33,38H,2,4,7-11,15-16,18-21,23-24H2/b3-1-/t29-,33+,34-,35-,36-/m1/s1. The number of hydrogen-bond donors (Lipinski definition) is 1. The number of hydrogen-bond acceptors (Lipinski definition) is 5. The average Bonchev–Trinajstić information content (AvgIpc) is 3.56. The van der Waals surface area contributed by atoms with Crippen molar-refractivity contribution in [3.8, 4) is 0 Å². The highest BCUT2D eigenvalue weighted by atomic mass is 16.6. The number of nitrogens with one attached hydrogen (secondary N) is 1. The van der Waals surface area contributed by atoms with Gasteiger partial charge in [0, 0.05) is 53.8 Å². The van der Waals surface area contributed by atoms with Crippen LogP contribution in [0.1, 0.15) is 76.3 Å². The average molecular weight is 563 g/mol. The molecule has 0 radical (unpaired) electrons. The van der Waals surface area contributed by atoms with Crippen LogP contribution in [0, 0.1) is 11.3 Å². The number of aromatic amines is 1. The number of ether oxygens (including phenoxy) is 1. The number of allylic oxidation sites excluding steroid dienone is 3. The molecule has 1 unspecified atom stereocenters. The van der Waals surface area contributed by atoms with Crippen LogP contribution in [0.5, 0.6) is 0 Å². The molecule has 7 heterocycles. The molecule has 3 aromatic rings. The molecule has 1 N–H and O–H groups in total. The molecular formula is C36H42N4O2. The third kappa shape index (κ3) is 3.55. The molecule has 1 aromatic carbocycles. The van der Waals surface area contributed by atoms with Crippen molar-refractivity contribution in [2.75, 3.05) is 26.2 Å². The van der Waals surface area contributed by atoms with E-state index in [2.05, 4.69) is 63.3 Å². The number of aromatic nitrogens is 2. The molecule has 1 aliphatic carbocycles. The van der Waals surface area contributed by atoms with E-state index in [1.54, 1.807) is 0 Å². The number of rotatable bonds is 1. The number of pyridine rings is 1. The third-order valence-corrected chi connectivity index (χ3v) is 11.8. The van der Waals surface area contributed by atoms with Gasteiger partial charge < -0.3 is 14.6 Å². The van der Waals surface area contributed by atoms with E-state index >= 15 is 0 Å². The quantitative estimate of drug-likeness (QED) is 0.338. The van der Waals surface area contributed by atoms with Gasteiger partial charge in [-0.15, -0.1) is 0 Å². The molecule has 5 bridgehead atoms. The monoisotopic (exact) mass is 562 g/mol. The molecule has 218 valence electrons. The Morgan fingerprint density at radius 3 is 2.86 bits per heavy atom. The van der Waals surface area contributed by atoms with E-state index in [1.807, 2.05) is 6.20 Å². The largest absolute Gasteiger partial charge is 0.353 e. The summed E-state index contributed by atoms with van der Waals surface area (Å²) in [6, 6.07) is 11.1. The molecular weight excluding hydrogens is 520 g/mol. The SMILES string of the molecule is O=C1CCCCN2[C@H]3[C@]45CN6CCCC/C=C\CC[C@]3(C=C(c3nccc7c3[nH]c3ccccc37)[C@H]4CC6)O[C@]2(C1)C5. The van der Waals surface area contributed by atoms with Gasteiger partial charge in [-0.05, 0) is 101 Å². The van der Waals surface area contributed by atoms with Gasteiger partial charge in [0.15, 0.2) is 0 Å². The Balaban J connectivity index is 1.28. The molecule has 6 heteroatoms. The van der Waals surface area contributed by atoms with Crippen molar-refractivity contribution in [1.82, 2.24) is 19.8 Å². The molecule has 6 aliphatic rings. The van der Waals surface area contributed by atoms with Gasteiger partial charge in [0.05, 0.1) is 17.3 Å². The van der Waals surface area contributed by atoms with Gasteiger partial charge in [0.2, 0.25) is 0 Å². The minimum absolute atomic E-state index is 0.0544. The van der Waals surface area contributed by atoms with E-state index < -0.39 is 11.3 Å². The van der Waals surface area contributed by atoms with Crippen molar-refractivity contribution in [2.45, 2.75) is 88.0 Å². The van der Waals surface area contributed by atoms with Gasteiger partial charge in [0.1, 0.15) is 17.1 Å². The Morgan fingerprint density at radius 1 is 0.976 bits per heavy atom. The summed E-state index contributed by atoms with van der Waals surface area (Å²) in [6.45, 7) is 4.45. The number of carbonyl (C=O) groups is 1. The highest BCUT2D eigenvalue weighted by Gasteiger charge is 2.77. The second kappa shape index (κ2) is 9.35. The summed E-state index contributed by atoms with van der Waals surface area (Å²) in [5.74, 6) is 0.795. The molecule has 6 nitrogen and oxygen atoms in total. The van der Waals surface area contributed by atoms with Crippen LogP contribution in [0.4, 0.5) is 0 Å². The summed E-state index contributed by atoms with van der Waals surface area (Å²) in [4.78, 5) is 27.8. The van der Waals surface area contributed by atoms with Crippen molar-refractivity contribution in [1.29, 1.82) is 0 Å². The van der Waals surface area contributed by atoms with Crippen LogP contribution in [-0.4, -0.2) is 69.1 Å². The highest BCUT2D eigenvalue weighted by Crippen LogP contribution is 2.70. The number of para-hydroxylation sites is 1. The Kier molecular flexibility index (Phi) is 5.71. The zero-order chi connectivity index (χ0) is 27.9. The number of carbonyl (C=O) groups excluding carboxylic acids is 1. The van der Waals surface area contributed by atoms with Gasteiger partial charge in [-0.25, -0.2) is 0 Å². The predicted molar refractivity (Wildman–Crippen MR) is 166 cm³/mol. The van der Waals surface area contributed by atoms with Crippen LogP contribution in [0.2, 0.25) is 0 Å². The molecule has 42 heavy (non-hydrogen) atoms. The van der Waals surface area contributed by atoms with E-state index in [4.69, 9.17) is 9.72 Å². The molecule has 5 aliphatic heterocycles. The lowest BCUT2D eigenvalue weighted by Gasteiger charge is -2.59. The maximum atomic E-state index is 13.3. The van der Waals surface area contributed by atoms with E-state index in [0.717, 1.165) is 75.8 Å². The predicted octanol–water partition coefficient (Wildman–Crippen LogP) is 6.62. The van der Waals surface area contributed by atoms with E-state index in [-0.39, 0.29) is 5.41 Å². The summed E-state index contributed by atoms with van der Waals surface area (Å²) in [7, 11) is 0. The normalized spacial score (nSPS) is 39.2. The van der Waals surface area contributed by atoms with Crippen LogP contribution >= 0.6 is 0 Å². The van der Waals surface area contributed by atoms with E-state index in [0.29, 0.717) is 30.6 Å². The first-order chi connectivity index (χ1) is 20.6. The van der Waals surface area contributed by atoms with Crippen LogP contribution in [0.15, 0.2) is 54.8 Å². The smallest absolute Gasteiger partial charge is 0.137 e. The zero-order valence-corrected chi connectivity index (χ0v) is 24.6. The number of Topliss-reactive ketones (excluding diaryl/α,β-unsaturated/α-hetero) is 1. The number of nitrogens with zero attached hydrogens (tertiary/aromatic N) is 3. The summed E-state index contributed by atoms with van der Waals surface area (Å²) >= 11 is 0. The summed E-state index contributed by atoms with van der Waals surface area (Å²) in [5, 5.41) is 2.51. The maximum absolute atomic E-state index is 13.3. The molecule has 1 spiro atoms. The topological polar surface area (TPSA) is 61.5 Å². The molecule has 2 aromatic heterocycles. The minimum Gasteiger partial charge on any atom is -0.353 e. The van der Waals surface area contributed by atoms with Crippen LogP contribution in [-0.2, 0) is 9.53 Å². The Bertz CT molecular complexity index is 1640. The van der Waals surface area contributed by atoms with Crippen molar-refractivity contribution in [3.05, 3.63) is 60.5 Å². The van der Waals surface area contributed by atoms with Crippen molar-refractivity contribution in [3.63, 3.8) is 0 Å².